The molecular weight excluding hydrogens is 178 g/mol. The van der Waals surface area contributed by atoms with Crippen LogP contribution < -0.4 is 0 Å². The molecule has 1 unspecified atom stereocenters. The normalized spacial score (nSPS) is 36.8. The second-order valence-electron chi connectivity index (χ2n) is 4.94. The number of hydrogen-bond acceptors (Lipinski definition) is 2. The largest absolute Gasteiger partial charge is 0.388 e. The maximum absolute atomic E-state index is 11.9. The Morgan fingerprint density at radius 3 is 2.71 bits per heavy atom. The van der Waals surface area contributed by atoms with Gasteiger partial charge in [0.15, 0.2) is 0 Å². The van der Waals surface area contributed by atoms with E-state index < -0.39 is 5.60 Å². The number of fused-ring (bicyclic) bond motifs is 1. The van der Waals surface area contributed by atoms with Gasteiger partial charge in [0.2, 0.25) is 5.91 Å². The number of amides is 1. The summed E-state index contributed by atoms with van der Waals surface area (Å²) in [6, 6.07) is 0.340. The summed E-state index contributed by atoms with van der Waals surface area (Å²) in [5.74, 6) is 0.369. The van der Waals surface area contributed by atoms with Gasteiger partial charge >= 0.3 is 0 Å². The average Bonchev–Trinajstić information content (AvgIpc) is 2.56. The fourth-order valence-electron chi connectivity index (χ4n) is 2.71. The first-order valence-corrected chi connectivity index (χ1v) is 5.58. The van der Waals surface area contributed by atoms with Crippen LogP contribution in [0.3, 0.4) is 0 Å². The molecule has 3 fully saturated rings. The van der Waals surface area contributed by atoms with E-state index >= 15 is 0 Å². The molecular formula is C11H19NO2. The standard InChI is InChI=1S/C11H19NO2/c1-3-4-8(2)10(13)12-7-11(14)5-9(12)6-11/h8-9,14H,3-7H2,1-2H3. The van der Waals surface area contributed by atoms with Gasteiger partial charge in [0, 0.05) is 18.5 Å². The summed E-state index contributed by atoms with van der Waals surface area (Å²) in [5, 5.41) is 9.80. The van der Waals surface area contributed by atoms with Crippen LogP contribution in [0.25, 0.3) is 0 Å². The van der Waals surface area contributed by atoms with Crippen LogP contribution >= 0.6 is 0 Å². The Balaban J connectivity index is 1.94. The Kier molecular flexibility index (Phi) is 2.30. The third-order valence-corrected chi connectivity index (χ3v) is 3.56. The molecule has 2 saturated heterocycles. The van der Waals surface area contributed by atoms with Gasteiger partial charge in [-0.25, -0.2) is 0 Å². The van der Waals surface area contributed by atoms with E-state index in [-0.39, 0.29) is 11.8 Å². The topological polar surface area (TPSA) is 40.5 Å². The van der Waals surface area contributed by atoms with Gasteiger partial charge in [-0.1, -0.05) is 20.3 Å². The van der Waals surface area contributed by atoms with Crippen molar-refractivity contribution < 1.29 is 9.90 Å². The van der Waals surface area contributed by atoms with Gasteiger partial charge in [-0.2, -0.15) is 0 Å². The molecule has 0 aromatic heterocycles. The van der Waals surface area contributed by atoms with E-state index in [1.165, 1.54) is 0 Å². The molecule has 1 N–H and O–H groups in total. The zero-order valence-electron chi connectivity index (χ0n) is 8.99. The molecule has 2 aliphatic heterocycles. The minimum atomic E-state index is -0.522. The number of rotatable bonds is 3. The molecule has 1 saturated carbocycles. The second-order valence-corrected chi connectivity index (χ2v) is 4.94. The average molecular weight is 197 g/mol. The summed E-state index contributed by atoms with van der Waals surface area (Å²) >= 11 is 0. The van der Waals surface area contributed by atoms with Crippen molar-refractivity contribution in [2.24, 2.45) is 5.92 Å². The lowest BCUT2D eigenvalue weighted by Gasteiger charge is -2.32. The minimum absolute atomic E-state index is 0.128. The third kappa shape index (κ3) is 1.44. The Labute approximate surface area is 85.1 Å². The molecule has 1 atom stereocenters. The highest BCUT2D eigenvalue weighted by molar-refractivity contribution is 5.79. The number of carbonyl (C=O) groups excluding carboxylic acids is 1. The van der Waals surface area contributed by atoms with Crippen molar-refractivity contribution in [2.75, 3.05) is 6.54 Å². The maximum atomic E-state index is 11.9. The number of carbonyl (C=O) groups is 1. The van der Waals surface area contributed by atoms with E-state index in [9.17, 15) is 9.90 Å². The van der Waals surface area contributed by atoms with Gasteiger partial charge in [-0.3, -0.25) is 4.79 Å². The lowest BCUT2D eigenvalue weighted by Crippen LogP contribution is -2.41. The predicted molar refractivity (Wildman–Crippen MR) is 53.8 cm³/mol. The van der Waals surface area contributed by atoms with Gasteiger partial charge in [0.25, 0.3) is 0 Å². The Morgan fingerprint density at radius 1 is 1.64 bits per heavy atom. The highest BCUT2D eigenvalue weighted by atomic mass is 16.3. The molecule has 0 spiro atoms. The lowest BCUT2D eigenvalue weighted by molar-refractivity contribution is -0.135. The molecule has 1 aliphatic carbocycles. The first-order chi connectivity index (χ1) is 6.56. The fourth-order valence-corrected chi connectivity index (χ4v) is 2.71. The van der Waals surface area contributed by atoms with E-state index in [0.29, 0.717) is 12.6 Å². The van der Waals surface area contributed by atoms with E-state index in [1.54, 1.807) is 0 Å². The van der Waals surface area contributed by atoms with Crippen LogP contribution in [0.2, 0.25) is 0 Å². The Morgan fingerprint density at radius 2 is 2.29 bits per heavy atom. The molecule has 2 bridgehead atoms. The maximum Gasteiger partial charge on any atom is 0.225 e. The van der Waals surface area contributed by atoms with Crippen LogP contribution in [0.1, 0.15) is 39.5 Å². The third-order valence-electron chi connectivity index (χ3n) is 3.56. The molecule has 3 aliphatic rings. The van der Waals surface area contributed by atoms with Crippen LogP contribution in [0.4, 0.5) is 0 Å². The Hall–Kier alpha value is -0.570. The molecule has 1 amide bonds. The van der Waals surface area contributed by atoms with Crippen molar-refractivity contribution >= 4 is 5.91 Å². The zero-order valence-corrected chi connectivity index (χ0v) is 8.99. The van der Waals surface area contributed by atoms with E-state index in [4.69, 9.17) is 0 Å². The van der Waals surface area contributed by atoms with Crippen LogP contribution in [0.5, 0.6) is 0 Å². The smallest absolute Gasteiger partial charge is 0.225 e. The van der Waals surface area contributed by atoms with Crippen molar-refractivity contribution in [2.45, 2.75) is 51.2 Å². The van der Waals surface area contributed by atoms with Crippen molar-refractivity contribution in [3.8, 4) is 0 Å². The molecule has 14 heavy (non-hydrogen) atoms. The van der Waals surface area contributed by atoms with Crippen molar-refractivity contribution in [1.82, 2.24) is 4.90 Å². The van der Waals surface area contributed by atoms with Gasteiger partial charge in [-0.05, 0) is 19.3 Å². The lowest BCUT2D eigenvalue weighted by atomic mass is 9.81. The number of nitrogens with zero attached hydrogens (tertiary/aromatic N) is 1. The van der Waals surface area contributed by atoms with Crippen molar-refractivity contribution in [3.63, 3.8) is 0 Å². The van der Waals surface area contributed by atoms with E-state index in [2.05, 4.69) is 6.92 Å². The first kappa shape index (κ1) is 9.97. The minimum Gasteiger partial charge on any atom is -0.388 e. The molecule has 80 valence electrons. The summed E-state index contributed by atoms with van der Waals surface area (Å²) in [6.07, 6.45) is 3.62. The first-order valence-electron chi connectivity index (χ1n) is 5.58. The Bertz CT molecular complexity index is 246. The summed E-state index contributed by atoms with van der Waals surface area (Å²) in [5.41, 5.74) is -0.522. The molecule has 2 heterocycles. The molecule has 0 aromatic carbocycles. The highest BCUT2D eigenvalue weighted by Crippen LogP contribution is 2.44. The van der Waals surface area contributed by atoms with Crippen molar-refractivity contribution in [1.29, 1.82) is 0 Å². The fraction of sp³-hybridized carbons (Fsp3) is 0.909. The van der Waals surface area contributed by atoms with E-state index in [1.807, 2.05) is 11.8 Å². The van der Waals surface area contributed by atoms with Gasteiger partial charge in [0.1, 0.15) is 0 Å². The van der Waals surface area contributed by atoms with Crippen LogP contribution in [0, 0.1) is 5.92 Å². The molecule has 3 nitrogen and oxygen atoms in total. The number of hydrogen-bond donors (Lipinski definition) is 1. The molecule has 3 rings (SSSR count). The summed E-state index contributed by atoms with van der Waals surface area (Å²) in [6.45, 7) is 4.66. The highest BCUT2D eigenvalue weighted by Gasteiger charge is 2.55. The molecule has 0 aromatic rings. The zero-order chi connectivity index (χ0) is 10.3. The van der Waals surface area contributed by atoms with Crippen LogP contribution in [-0.2, 0) is 4.79 Å². The van der Waals surface area contributed by atoms with Gasteiger partial charge in [0.05, 0.1) is 5.60 Å². The molecule has 3 heteroatoms. The van der Waals surface area contributed by atoms with Gasteiger partial charge < -0.3 is 10.0 Å². The van der Waals surface area contributed by atoms with Crippen molar-refractivity contribution in [3.05, 3.63) is 0 Å². The predicted octanol–water partition coefficient (Wildman–Crippen LogP) is 1.16. The van der Waals surface area contributed by atoms with Gasteiger partial charge in [-0.15, -0.1) is 0 Å². The summed E-state index contributed by atoms with van der Waals surface area (Å²) < 4.78 is 0. The van der Waals surface area contributed by atoms with Crippen LogP contribution in [-0.4, -0.2) is 34.1 Å². The monoisotopic (exact) mass is 197 g/mol. The quantitative estimate of drug-likeness (QED) is 0.737. The number of aliphatic hydroxyl groups is 1. The SMILES string of the molecule is CCCC(C)C(=O)N1CC2(O)CC1C2. The van der Waals surface area contributed by atoms with E-state index in [0.717, 1.165) is 25.7 Å². The second kappa shape index (κ2) is 3.23. The molecule has 0 radical (unpaired) electrons. The summed E-state index contributed by atoms with van der Waals surface area (Å²) in [7, 11) is 0. The summed E-state index contributed by atoms with van der Waals surface area (Å²) in [4.78, 5) is 13.8. The van der Waals surface area contributed by atoms with Crippen LogP contribution in [0.15, 0.2) is 0 Å².